The zero-order valence-electron chi connectivity index (χ0n) is 12.8. The molecule has 0 saturated carbocycles. The maximum Gasteiger partial charge on any atom is 0.303 e. The third-order valence-corrected chi connectivity index (χ3v) is 4.27. The minimum Gasteiger partial charge on any atom is -0.481 e. The van der Waals surface area contributed by atoms with Crippen LogP contribution in [0.25, 0.3) is 0 Å². The average Bonchev–Trinajstić information content (AvgIpc) is 2.97. The first-order valence-corrected chi connectivity index (χ1v) is 7.83. The number of fused-ring (bicyclic) bond motifs is 1. The van der Waals surface area contributed by atoms with Crippen molar-refractivity contribution in [2.24, 2.45) is 0 Å². The van der Waals surface area contributed by atoms with Gasteiger partial charge in [0.25, 0.3) is 0 Å². The molecule has 0 aliphatic heterocycles. The molecule has 0 fully saturated rings. The predicted molar refractivity (Wildman–Crippen MR) is 88.5 cm³/mol. The normalized spacial score (nSPS) is 15.9. The van der Waals surface area contributed by atoms with Crippen LogP contribution in [0.4, 0.5) is 5.69 Å². The summed E-state index contributed by atoms with van der Waals surface area (Å²) in [6.45, 7) is 0. The lowest BCUT2D eigenvalue weighted by atomic mass is 10.0. The van der Waals surface area contributed by atoms with Crippen molar-refractivity contribution >= 4 is 17.6 Å². The van der Waals surface area contributed by atoms with Gasteiger partial charge in [-0.1, -0.05) is 36.4 Å². The fourth-order valence-electron chi connectivity index (χ4n) is 3.11. The lowest BCUT2D eigenvalue weighted by molar-refractivity contribution is -0.137. The molecule has 1 unspecified atom stereocenters. The molecule has 3 rings (SSSR count). The van der Waals surface area contributed by atoms with E-state index in [4.69, 9.17) is 5.11 Å². The van der Waals surface area contributed by atoms with Gasteiger partial charge < -0.3 is 10.4 Å². The van der Waals surface area contributed by atoms with Gasteiger partial charge in [-0.25, -0.2) is 0 Å². The largest absolute Gasteiger partial charge is 0.481 e. The molecule has 0 saturated heterocycles. The van der Waals surface area contributed by atoms with Crippen LogP contribution < -0.4 is 5.32 Å². The van der Waals surface area contributed by atoms with Gasteiger partial charge in [-0.3, -0.25) is 9.59 Å². The Hall–Kier alpha value is -2.62. The molecule has 0 spiro atoms. The maximum absolute atomic E-state index is 12.5. The van der Waals surface area contributed by atoms with Gasteiger partial charge in [-0.2, -0.15) is 0 Å². The molecule has 0 heterocycles. The van der Waals surface area contributed by atoms with Gasteiger partial charge in [0.05, 0.1) is 5.92 Å². The summed E-state index contributed by atoms with van der Waals surface area (Å²) in [5.74, 6) is -0.916. The third kappa shape index (κ3) is 3.59. The van der Waals surface area contributed by atoms with Crippen LogP contribution in [0.2, 0.25) is 0 Å². The molecule has 4 nitrogen and oxygen atoms in total. The van der Waals surface area contributed by atoms with Crippen LogP contribution in [0.3, 0.4) is 0 Å². The number of rotatable bonds is 5. The van der Waals surface area contributed by atoms with Gasteiger partial charge in [0.2, 0.25) is 5.91 Å². The smallest absolute Gasteiger partial charge is 0.303 e. The second-order valence-electron chi connectivity index (χ2n) is 5.87. The summed E-state index contributed by atoms with van der Waals surface area (Å²) >= 11 is 0. The first-order chi connectivity index (χ1) is 11.1. The average molecular weight is 309 g/mol. The van der Waals surface area contributed by atoms with Gasteiger partial charge in [0, 0.05) is 12.1 Å². The van der Waals surface area contributed by atoms with Crippen molar-refractivity contribution in [1.29, 1.82) is 0 Å². The van der Waals surface area contributed by atoms with Crippen molar-refractivity contribution < 1.29 is 14.7 Å². The second-order valence-corrected chi connectivity index (χ2v) is 5.87. The topological polar surface area (TPSA) is 66.4 Å². The van der Waals surface area contributed by atoms with Gasteiger partial charge in [0.15, 0.2) is 0 Å². The second kappa shape index (κ2) is 6.65. The Morgan fingerprint density at radius 3 is 2.78 bits per heavy atom. The highest BCUT2D eigenvalue weighted by atomic mass is 16.4. The number of hydrogen-bond acceptors (Lipinski definition) is 2. The van der Waals surface area contributed by atoms with E-state index >= 15 is 0 Å². The molecule has 2 N–H and O–H groups in total. The number of carboxylic acid groups (broad SMARTS) is 1. The molecule has 2 aromatic rings. The Morgan fingerprint density at radius 1 is 1.13 bits per heavy atom. The van der Waals surface area contributed by atoms with Gasteiger partial charge in [-0.05, 0) is 48.1 Å². The minimum atomic E-state index is -0.818. The van der Waals surface area contributed by atoms with Crippen molar-refractivity contribution in [2.75, 3.05) is 5.32 Å². The van der Waals surface area contributed by atoms with Crippen molar-refractivity contribution in [1.82, 2.24) is 0 Å². The van der Waals surface area contributed by atoms with E-state index < -0.39 is 5.97 Å². The summed E-state index contributed by atoms with van der Waals surface area (Å²) in [5.41, 5.74) is 4.01. The number of amides is 1. The van der Waals surface area contributed by atoms with Gasteiger partial charge in [0.1, 0.15) is 0 Å². The number of carboxylic acids is 1. The van der Waals surface area contributed by atoms with Crippen LogP contribution in [-0.4, -0.2) is 17.0 Å². The summed E-state index contributed by atoms with van der Waals surface area (Å²) in [4.78, 5) is 23.2. The SMILES string of the molecule is O=C(O)CCc1cccc(NC(=O)C2CCc3ccccc32)c1. The highest BCUT2D eigenvalue weighted by Crippen LogP contribution is 2.33. The van der Waals surface area contributed by atoms with Gasteiger partial charge >= 0.3 is 5.97 Å². The van der Waals surface area contributed by atoms with Crippen LogP contribution >= 0.6 is 0 Å². The van der Waals surface area contributed by atoms with Crippen LogP contribution in [0.5, 0.6) is 0 Å². The van der Waals surface area contributed by atoms with E-state index in [2.05, 4.69) is 11.4 Å². The Labute approximate surface area is 135 Å². The van der Waals surface area contributed by atoms with Crippen LogP contribution in [0, 0.1) is 0 Å². The first-order valence-electron chi connectivity index (χ1n) is 7.83. The monoisotopic (exact) mass is 309 g/mol. The Kier molecular flexibility index (Phi) is 4.42. The van der Waals surface area contributed by atoms with Crippen molar-refractivity contribution in [3.8, 4) is 0 Å². The number of hydrogen-bond donors (Lipinski definition) is 2. The number of aryl methyl sites for hydroxylation is 2. The number of anilines is 1. The molecular formula is C19H19NO3. The standard InChI is InChI=1S/C19H19NO3/c21-18(22)11-8-13-4-3-6-15(12-13)20-19(23)17-10-9-14-5-1-2-7-16(14)17/h1-7,12,17H,8-11H2,(H,20,23)(H,21,22). The van der Waals surface area contributed by atoms with E-state index in [1.54, 1.807) is 0 Å². The summed E-state index contributed by atoms with van der Waals surface area (Å²) in [6, 6.07) is 15.5. The Bertz CT molecular complexity index is 739. The third-order valence-electron chi connectivity index (χ3n) is 4.27. The molecule has 2 aromatic carbocycles. The highest BCUT2D eigenvalue weighted by Gasteiger charge is 2.28. The molecule has 1 aliphatic rings. The summed E-state index contributed by atoms with van der Waals surface area (Å²) in [5, 5.41) is 11.7. The lowest BCUT2D eigenvalue weighted by Gasteiger charge is -2.13. The summed E-state index contributed by atoms with van der Waals surface area (Å²) in [6.07, 6.45) is 2.33. The summed E-state index contributed by atoms with van der Waals surface area (Å²) < 4.78 is 0. The number of carbonyl (C=O) groups excluding carboxylic acids is 1. The molecule has 0 radical (unpaired) electrons. The first kappa shape index (κ1) is 15.3. The highest BCUT2D eigenvalue weighted by molar-refractivity contribution is 5.96. The lowest BCUT2D eigenvalue weighted by Crippen LogP contribution is -2.19. The summed E-state index contributed by atoms with van der Waals surface area (Å²) in [7, 11) is 0. The zero-order valence-corrected chi connectivity index (χ0v) is 12.8. The molecule has 0 aromatic heterocycles. The molecular weight excluding hydrogens is 290 g/mol. The molecule has 4 heteroatoms. The molecule has 0 bridgehead atoms. The van der Waals surface area contributed by atoms with Crippen LogP contribution in [0.1, 0.15) is 35.4 Å². The fourth-order valence-corrected chi connectivity index (χ4v) is 3.11. The zero-order chi connectivity index (χ0) is 16.2. The molecule has 1 amide bonds. The predicted octanol–water partition coefficient (Wildman–Crippen LogP) is 3.37. The fraction of sp³-hybridized carbons (Fsp3) is 0.263. The molecule has 1 aliphatic carbocycles. The van der Waals surface area contributed by atoms with E-state index in [1.807, 2.05) is 42.5 Å². The van der Waals surface area contributed by atoms with E-state index in [9.17, 15) is 9.59 Å². The van der Waals surface area contributed by atoms with E-state index in [0.29, 0.717) is 6.42 Å². The van der Waals surface area contributed by atoms with Crippen molar-refractivity contribution in [3.63, 3.8) is 0 Å². The Balaban J connectivity index is 1.69. The minimum absolute atomic E-state index is 0.00494. The van der Waals surface area contributed by atoms with Crippen LogP contribution in [0.15, 0.2) is 48.5 Å². The molecule has 23 heavy (non-hydrogen) atoms. The van der Waals surface area contributed by atoms with E-state index in [-0.39, 0.29) is 18.2 Å². The van der Waals surface area contributed by atoms with Gasteiger partial charge in [-0.15, -0.1) is 0 Å². The quantitative estimate of drug-likeness (QED) is 0.890. The number of nitrogens with one attached hydrogen (secondary N) is 1. The maximum atomic E-state index is 12.5. The van der Waals surface area contributed by atoms with Crippen LogP contribution in [-0.2, 0) is 22.4 Å². The number of carbonyl (C=O) groups is 2. The number of benzene rings is 2. The van der Waals surface area contributed by atoms with Crippen molar-refractivity contribution in [2.45, 2.75) is 31.6 Å². The van der Waals surface area contributed by atoms with Crippen molar-refractivity contribution in [3.05, 3.63) is 65.2 Å². The Morgan fingerprint density at radius 2 is 1.96 bits per heavy atom. The number of aliphatic carboxylic acids is 1. The molecule has 118 valence electrons. The van der Waals surface area contributed by atoms with E-state index in [1.165, 1.54) is 5.56 Å². The molecule has 1 atom stereocenters. The van der Waals surface area contributed by atoms with E-state index in [0.717, 1.165) is 29.7 Å².